The number of nitrogens with zero attached hydrogens (tertiary/aromatic N) is 2. The second-order valence-electron chi connectivity index (χ2n) is 14.3. The third-order valence-electron chi connectivity index (χ3n) is 11.4. The lowest BCUT2D eigenvalue weighted by atomic mass is 9.83. The highest BCUT2D eigenvalue weighted by molar-refractivity contribution is 6.28. The van der Waals surface area contributed by atoms with Crippen molar-refractivity contribution in [2.24, 2.45) is 0 Å². The van der Waals surface area contributed by atoms with Crippen LogP contribution in [0.15, 0.2) is 194 Å². The van der Waals surface area contributed by atoms with E-state index >= 15 is 0 Å². The van der Waals surface area contributed by atoms with Crippen LogP contribution in [0.5, 0.6) is 0 Å². The van der Waals surface area contributed by atoms with E-state index in [9.17, 15) is 5.26 Å². The Kier molecular flexibility index (Phi) is 6.96. The van der Waals surface area contributed by atoms with Crippen LogP contribution in [-0.4, -0.2) is 4.57 Å². The molecule has 0 radical (unpaired) electrons. The van der Waals surface area contributed by atoms with Crippen molar-refractivity contribution in [2.45, 2.75) is 0 Å². The molecular formula is C53H32N2. The first-order valence-electron chi connectivity index (χ1n) is 18.7. The van der Waals surface area contributed by atoms with Crippen LogP contribution < -0.4 is 0 Å². The standard InChI is InChI=1S/C53H32N2/c54-33-39-23-29-48-52-42(39)26-27-43-41(28-30-49(53(43)52)55(48)40-19-11-4-12-20-40)38-22-25-45-47(32-38)51(36-17-9-3-10-18-36)44-24-21-37(34-13-5-1-6-14-34)31-46(44)50(45)35-15-7-2-8-16-35/h1-32H. The lowest BCUT2D eigenvalue weighted by molar-refractivity contribution is 1.18. The number of hydrogen-bond donors (Lipinski definition) is 0. The summed E-state index contributed by atoms with van der Waals surface area (Å²) in [5.41, 5.74) is 13.6. The molecule has 0 fully saturated rings. The largest absolute Gasteiger partial charge is 0.309 e. The molecule has 0 unspecified atom stereocenters. The quantitative estimate of drug-likeness (QED) is 0.130. The number of benzene rings is 10. The third-order valence-corrected chi connectivity index (χ3v) is 11.4. The molecule has 11 aromatic rings. The van der Waals surface area contributed by atoms with Gasteiger partial charge in [-0.25, -0.2) is 0 Å². The molecule has 1 heterocycles. The van der Waals surface area contributed by atoms with Crippen molar-refractivity contribution in [2.75, 3.05) is 0 Å². The molecule has 2 heteroatoms. The van der Waals surface area contributed by atoms with E-state index in [-0.39, 0.29) is 0 Å². The Hall–Kier alpha value is -7.47. The van der Waals surface area contributed by atoms with Gasteiger partial charge >= 0.3 is 0 Å². The second-order valence-corrected chi connectivity index (χ2v) is 14.3. The fourth-order valence-electron chi connectivity index (χ4n) is 9.00. The summed E-state index contributed by atoms with van der Waals surface area (Å²) in [5.74, 6) is 0. The molecule has 0 N–H and O–H groups in total. The molecule has 0 aliphatic heterocycles. The highest BCUT2D eigenvalue weighted by atomic mass is 15.0. The molecule has 0 atom stereocenters. The molecule has 0 aliphatic rings. The minimum Gasteiger partial charge on any atom is -0.309 e. The summed E-state index contributed by atoms with van der Waals surface area (Å²) in [6.07, 6.45) is 0. The van der Waals surface area contributed by atoms with E-state index in [4.69, 9.17) is 0 Å². The van der Waals surface area contributed by atoms with Crippen LogP contribution in [0.2, 0.25) is 0 Å². The number of aromatic nitrogens is 1. The topological polar surface area (TPSA) is 28.7 Å². The maximum atomic E-state index is 10.1. The fourth-order valence-corrected chi connectivity index (χ4v) is 9.00. The first kappa shape index (κ1) is 31.1. The van der Waals surface area contributed by atoms with Crippen molar-refractivity contribution >= 4 is 54.1 Å². The van der Waals surface area contributed by atoms with Crippen molar-refractivity contribution < 1.29 is 0 Å². The summed E-state index contributed by atoms with van der Waals surface area (Å²) in [5, 5.41) is 19.5. The molecular weight excluding hydrogens is 665 g/mol. The van der Waals surface area contributed by atoms with Crippen LogP contribution in [0.1, 0.15) is 5.56 Å². The van der Waals surface area contributed by atoms with Gasteiger partial charge in [-0.1, -0.05) is 152 Å². The lowest BCUT2D eigenvalue weighted by Crippen LogP contribution is -1.93. The molecule has 0 saturated carbocycles. The van der Waals surface area contributed by atoms with E-state index in [0.29, 0.717) is 5.56 Å². The molecule has 0 aliphatic carbocycles. The summed E-state index contributed by atoms with van der Waals surface area (Å²) >= 11 is 0. The predicted octanol–water partition coefficient (Wildman–Crippen LogP) is 14.2. The Morgan fingerprint density at radius 2 is 0.818 bits per heavy atom. The van der Waals surface area contributed by atoms with Gasteiger partial charge in [0.2, 0.25) is 0 Å². The van der Waals surface area contributed by atoms with Crippen LogP contribution >= 0.6 is 0 Å². The van der Waals surface area contributed by atoms with E-state index in [1.54, 1.807) is 0 Å². The Labute approximate surface area is 318 Å². The Bertz CT molecular complexity index is 3280. The molecule has 254 valence electrons. The van der Waals surface area contributed by atoms with Crippen LogP contribution in [0.25, 0.3) is 104 Å². The summed E-state index contributed by atoms with van der Waals surface area (Å²) in [6, 6.07) is 72.3. The van der Waals surface area contributed by atoms with Crippen molar-refractivity contribution in [1.29, 1.82) is 5.26 Å². The summed E-state index contributed by atoms with van der Waals surface area (Å²) in [6.45, 7) is 0. The average Bonchev–Trinajstić information content (AvgIpc) is 3.60. The molecule has 0 bridgehead atoms. The molecule has 10 aromatic carbocycles. The molecule has 11 rings (SSSR count). The van der Waals surface area contributed by atoms with Gasteiger partial charge in [0.05, 0.1) is 22.7 Å². The maximum Gasteiger partial charge on any atom is 0.0998 e. The Morgan fingerprint density at radius 3 is 1.42 bits per heavy atom. The van der Waals surface area contributed by atoms with E-state index in [1.165, 1.54) is 71.3 Å². The normalized spacial score (nSPS) is 11.6. The number of para-hydroxylation sites is 1. The van der Waals surface area contributed by atoms with Gasteiger partial charge in [-0.15, -0.1) is 0 Å². The predicted molar refractivity (Wildman–Crippen MR) is 231 cm³/mol. The highest BCUT2D eigenvalue weighted by Gasteiger charge is 2.22. The van der Waals surface area contributed by atoms with Gasteiger partial charge in [0.1, 0.15) is 0 Å². The van der Waals surface area contributed by atoms with Crippen LogP contribution in [0.3, 0.4) is 0 Å². The lowest BCUT2D eigenvalue weighted by Gasteiger charge is -2.20. The van der Waals surface area contributed by atoms with E-state index < -0.39 is 0 Å². The summed E-state index contributed by atoms with van der Waals surface area (Å²) in [4.78, 5) is 0. The smallest absolute Gasteiger partial charge is 0.0998 e. The van der Waals surface area contributed by atoms with Gasteiger partial charge in [-0.2, -0.15) is 5.26 Å². The van der Waals surface area contributed by atoms with Crippen LogP contribution in [0, 0.1) is 11.3 Å². The van der Waals surface area contributed by atoms with Crippen molar-refractivity contribution in [3.05, 3.63) is 200 Å². The molecule has 2 nitrogen and oxygen atoms in total. The van der Waals surface area contributed by atoms with E-state index in [1.807, 2.05) is 6.07 Å². The van der Waals surface area contributed by atoms with Crippen LogP contribution in [-0.2, 0) is 0 Å². The van der Waals surface area contributed by atoms with E-state index in [0.717, 1.165) is 33.1 Å². The van der Waals surface area contributed by atoms with Crippen LogP contribution in [0.4, 0.5) is 0 Å². The fraction of sp³-hybridized carbons (Fsp3) is 0. The highest BCUT2D eigenvalue weighted by Crippen LogP contribution is 2.48. The van der Waals surface area contributed by atoms with Crippen molar-refractivity contribution in [1.82, 2.24) is 4.57 Å². The molecule has 0 saturated heterocycles. The molecule has 0 spiro atoms. The minimum atomic E-state index is 0.695. The maximum absolute atomic E-state index is 10.1. The van der Waals surface area contributed by atoms with Gasteiger partial charge in [-0.3, -0.25) is 0 Å². The van der Waals surface area contributed by atoms with Crippen molar-refractivity contribution in [3.8, 4) is 56.3 Å². The molecule has 1 aromatic heterocycles. The average molecular weight is 697 g/mol. The van der Waals surface area contributed by atoms with Gasteiger partial charge < -0.3 is 4.57 Å². The zero-order chi connectivity index (χ0) is 36.5. The summed E-state index contributed by atoms with van der Waals surface area (Å²) < 4.78 is 2.34. The van der Waals surface area contributed by atoms with Crippen molar-refractivity contribution in [3.63, 3.8) is 0 Å². The number of rotatable bonds is 5. The molecule has 0 amide bonds. The third kappa shape index (κ3) is 4.74. The number of nitriles is 1. The zero-order valence-corrected chi connectivity index (χ0v) is 29.9. The van der Waals surface area contributed by atoms with E-state index in [2.05, 4.69) is 199 Å². The SMILES string of the molecule is N#Cc1ccc2c3c1ccc1c(-c4ccc5c(-c6ccccc6)c6cc(-c7ccccc7)ccc6c(-c6ccccc6)c5c4)ccc(c13)n2-c1ccccc1. The number of fused-ring (bicyclic) bond motifs is 2. The van der Waals surface area contributed by atoms with Gasteiger partial charge in [0.15, 0.2) is 0 Å². The van der Waals surface area contributed by atoms with Gasteiger partial charge in [0, 0.05) is 21.8 Å². The first-order valence-corrected chi connectivity index (χ1v) is 18.7. The second kappa shape index (κ2) is 12.3. The van der Waals surface area contributed by atoms with Gasteiger partial charge in [-0.05, 0) is 114 Å². The monoisotopic (exact) mass is 696 g/mol. The minimum absolute atomic E-state index is 0.695. The summed E-state index contributed by atoms with van der Waals surface area (Å²) in [7, 11) is 0. The van der Waals surface area contributed by atoms with Gasteiger partial charge in [0.25, 0.3) is 0 Å². The number of hydrogen-bond acceptors (Lipinski definition) is 1. The Morgan fingerprint density at radius 1 is 0.345 bits per heavy atom. The Balaban J connectivity index is 1.24. The zero-order valence-electron chi connectivity index (χ0n) is 29.9. The molecule has 55 heavy (non-hydrogen) atoms. The first-order chi connectivity index (χ1) is 27.3.